The van der Waals surface area contributed by atoms with Crippen LogP contribution in [0.25, 0.3) is 6.08 Å². The van der Waals surface area contributed by atoms with Gasteiger partial charge in [-0.1, -0.05) is 30.3 Å². The van der Waals surface area contributed by atoms with E-state index in [9.17, 15) is 18.0 Å². The summed E-state index contributed by atoms with van der Waals surface area (Å²) < 4.78 is 49.0. The Morgan fingerprint density at radius 3 is 2.52 bits per heavy atom. The van der Waals surface area contributed by atoms with Crippen molar-refractivity contribution in [3.8, 4) is 5.75 Å². The maximum atomic E-state index is 12.6. The molecule has 2 aromatic carbocycles. The van der Waals surface area contributed by atoms with E-state index in [1.807, 2.05) is 24.3 Å². The van der Waals surface area contributed by atoms with E-state index in [4.69, 9.17) is 9.47 Å². The molecule has 1 fully saturated rings. The number of carbonyl (C=O) groups is 1. The summed E-state index contributed by atoms with van der Waals surface area (Å²) in [7, 11) is 0. The van der Waals surface area contributed by atoms with E-state index in [1.165, 1.54) is 24.3 Å². The van der Waals surface area contributed by atoms with Gasteiger partial charge in [0.25, 0.3) is 0 Å². The molecule has 1 amide bonds. The Morgan fingerprint density at radius 1 is 1.10 bits per heavy atom. The van der Waals surface area contributed by atoms with Crippen LogP contribution in [-0.2, 0) is 22.3 Å². The fourth-order valence-corrected chi connectivity index (χ4v) is 3.10. The molecule has 1 heterocycles. The van der Waals surface area contributed by atoms with Crippen LogP contribution in [0.3, 0.4) is 0 Å². The number of para-hydroxylation sites is 1. The van der Waals surface area contributed by atoms with Crippen molar-refractivity contribution in [3.05, 3.63) is 71.3 Å². The van der Waals surface area contributed by atoms with Gasteiger partial charge in [-0.25, -0.2) is 0 Å². The van der Waals surface area contributed by atoms with Gasteiger partial charge in [-0.2, -0.15) is 13.2 Å². The number of halogens is 3. The van der Waals surface area contributed by atoms with Gasteiger partial charge < -0.3 is 14.8 Å². The number of hydrogen-bond donors (Lipinski definition) is 1. The number of carbonyl (C=O) groups excluding carboxylic acids is 1. The molecule has 0 aromatic heterocycles. The summed E-state index contributed by atoms with van der Waals surface area (Å²) in [6.07, 6.45) is -1.61. The molecule has 2 aromatic rings. The van der Waals surface area contributed by atoms with Gasteiger partial charge in [0.05, 0.1) is 18.8 Å². The highest BCUT2D eigenvalue weighted by Crippen LogP contribution is 2.29. The van der Waals surface area contributed by atoms with Crippen molar-refractivity contribution in [3.63, 3.8) is 0 Å². The molecule has 1 aliphatic rings. The summed E-state index contributed by atoms with van der Waals surface area (Å²) in [6.45, 7) is 4.90. The Hall–Kier alpha value is -2.84. The van der Waals surface area contributed by atoms with Crippen molar-refractivity contribution in [2.45, 2.75) is 12.7 Å². The van der Waals surface area contributed by atoms with E-state index in [2.05, 4.69) is 10.2 Å². The lowest BCUT2D eigenvalue weighted by Crippen LogP contribution is -2.38. The minimum atomic E-state index is -4.38. The smallest absolute Gasteiger partial charge is 0.416 e. The number of hydrogen-bond acceptors (Lipinski definition) is 4. The first-order valence-electron chi connectivity index (χ1n) is 10.1. The standard InChI is InChI=1S/C23H25F3N2O3/c24-23(25,26)20-8-5-18(6-9-20)7-10-22(29)27-17-19-3-1-2-4-21(19)31-16-13-28-11-14-30-15-12-28/h1-10H,11-17H2,(H,27,29). The summed E-state index contributed by atoms with van der Waals surface area (Å²) in [5.41, 5.74) is 0.634. The number of amides is 1. The molecule has 5 nitrogen and oxygen atoms in total. The second kappa shape index (κ2) is 11.0. The third-order valence-electron chi connectivity index (χ3n) is 4.86. The normalized spacial score (nSPS) is 15.2. The van der Waals surface area contributed by atoms with E-state index >= 15 is 0 Å². The van der Waals surface area contributed by atoms with Crippen LogP contribution in [0.4, 0.5) is 13.2 Å². The molecule has 1 saturated heterocycles. The zero-order valence-corrected chi connectivity index (χ0v) is 17.0. The quantitative estimate of drug-likeness (QED) is 0.643. The molecule has 1 N–H and O–H groups in total. The van der Waals surface area contributed by atoms with Crippen molar-refractivity contribution < 1.29 is 27.4 Å². The zero-order valence-electron chi connectivity index (χ0n) is 17.0. The SMILES string of the molecule is O=C(C=Cc1ccc(C(F)(F)F)cc1)NCc1ccccc1OCCN1CCOCC1. The summed E-state index contributed by atoms with van der Waals surface area (Å²) in [6, 6.07) is 12.1. The topological polar surface area (TPSA) is 50.8 Å². The predicted octanol–water partition coefficient (Wildman–Crippen LogP) is 3.75. The summed E-state index contributed by atoms with van der Waals surface area (Å²) in [5.74, 6) is 0.366. The number of ether oxygens (including phenoxy) is 2. The highest BCUT2D eigenvalue weighted by molar-refractivity contribution is 5.91. The van der Waals surface area contributed by atoms with Crippen LogP contribution in [0, 0.1) is 0 Å². The van der Waals surface area contributed by atoms with Gasteiger partial charge in [0, 0.05) is 37.8 Å². The lowest BCUT2D eigenvalue weighted by atomic mass is 10.1. The number of morpholine rings is 1. The fraction of sp³-hybridized carbons (Fsp3) is 0.348. The highest BCUT2D eigenvalue weighted by atomic mass is 19.4. The van der Waals surface area contributed by atoms with Gasteiger partial charge in [-0.3, -0.25) is 9.69 Å². The maximum Gasteiger partial charge on any atom is 0.416 e. The van der Waals surface area contributed by atoms with Crippen LogP contribution < -0.4 is 10.1 Å². The first kappa shape index (κ1) is 22.8. The van der Waals surface area contributed by atoms with Crippen molar-refractivity contribution in [2.24, 2.45) is 0 Å². The van der Waals surface area contributed by atoms with Gasteiger partial charge >= 0.3 is 6.18 Å². The zero-order chi connectivity index (χ0) is 22.1. The minimum Gasteiger partial charge on any atom is -0.492 e. The molecule has 0 saturated carbocycles. The molecule has 0 radical (unpaired) electrons. The second-order valence-corrected chi connectivity index (χ2v) is 7.08. The summed E-state index contributed by atoms with van der Waals surface area (Å²) in [5, 5.41) is 2.77. The van der Waals surface area contributed by atoms with E-state index in [0.717, 1.165) is 50.5 Å². The molecule has 3 rings (SSSR count). The molecular weight excluding hydrogens is 409 g/mol. The molecule has 0 spiro atoms. The van der Waals surface area contributed by atoms with Gasteiger partial charge in [0.15, 0.2) is 0 Å². The molecule has 1 aliphatic heterocycles. The van der Waals surface area contributed by atoms with Gasteiger partial charge in [0.2, 0.25) is 5.91 Å². The number of alkyl halides is 3. The fourth-order valence-electron chi connectivity index (χ4n) is 3.10. The third kappa shape index (κ3) is 7.41. The molecule has 31 heavy (non-hydrogen) atoms. The lowest BCUT2D eigenvalue weighted by molar-refractivity contribution is -0.137. The van der Waals surface area contributed by atoms with Crippen LogP contribution in [0.2, 0.25) is 0 Å². The monoisotopic (exact) mass is 434 g/mol. The molecule has 0 atom stereocenters. The third-order valence-corrected chi connectivity index (χ3v) is 4.86. The van der Waals surface area contributed by atoms with E-state index in [1.54, 1.807) is 0 Å². The van der Waals surface area contributed by atoms with Crippen LogP contribution in [-0.4, -0.2) is 50.3 Å². The number of rotatable bonds is 8. The van der Waals surface area contributed by atoms with Crippen molar-refractivity contribution >= 4 is 12.0 Å². The Balaban J connectivity index is 1.47. The van der Waals surface area contributed by atoms with E-state index < -0.39 is 11.7 Å². The van der Waals surface area contributed by atoms with Gasteiger partial charge in [0.1, 0.15) is 12.4 Å². The van der Waals surface area contributed by atoms with E-state index in [-0.39, 0.29) is 12.5 Å². The van der Waals surface area contributed by atoms with Crippen molar-refractivity contribution in [1.82, 2.24) is 10.2 Å². The highest BCUT2D eigenvalue weighted by Gasteiger charge is 2.29. The number of nitrogens with zero attached hydrogens (tertiary/aromatic N) is 1. The minimum absolute atomic E-state index is 0.282. The number of nitrogens with one attached hydrogen (secondary N) is 1. The second-order valence-electron chi connectivity index (χ2n) is 7.08. The average Bonchev–Trinajstić information content (AvgIpc) is 2.77. The molecular formula is C23H25F3N2O3. The molecule has 0 bridgehead atoms. The Bertz CT molecular complexity index is 876. The van der Waals surface area contributed by atoms with Crippen LogP contribution >= 0.6 is 0 Å². The maximum absolute atomic E-state index is 12.6. The predicted molar refractivity (Wildman–Crippen MR) is 112 cm³/mol. The van der Waals surface area contributed by atoms with Crippen molar-refractivity contribution in [2.75, 3.05) is 39.5 Å². The summed E-state index contributed by atoms with van der Waals surface area (Å²) >= 11 is 0. The number of benzene rings is 2. The first-order chi connectivity index (χ1) is 14.9. The Morgan fingerprint density at radius 2 is 1.81 bits per heavy atom. The first-order valence-corrected chi connectivity index (χ1v) is 10.1. The van der Waals surface area contributed by atoms with Gasteiger partial charge in [-0.15, -0.1) is 0 Å². The van der Waals surface area contributed by atoms with Crippen LogP contribution in [0.5, 0.6) is 5.75 Å². The Kier molecular flexibility index (Phi) is 8.08. The van der Waals surface area contributed by atoms with Crippen LogP contribution in [0.1, 0.15) is 16.7 Å². The molecule has 166 valence electrons. The largest absolute Gasteiger partial charge is 0.492 e. The van der Waals surface area contributed by atoms with Crippen LogP contribution in [0.15, 0.2) is 54.6 Å². The van der Waals surface area contributed by atoms with Crippen molar-refractivity contribution in [1.29, 1.82) is 0 Å². The Labute approximate surface area is 179 Å². The molecule has 8 heteroatoms. The summed E-state index contributed by atoms with van der Waals surface area (Å²) in [4.78, 5) is 14.4. The molecule has 0 unspecified atom stereocenters. The average molecular weight is 434 g/mol. The van der Waals surface area contributed by atoms with Gasteiger partial charge in [-0.05, 0) is 29.8 Å². The lowest BCUT2D eigenvalue weighted by Gasteiger charge is -2.26. The van der Waals surface area contributed by atoms with E-state index in [0.29, 0.717) is 17.9 Å². The molecule has 0 aliphatic carbocycles.